The highest BCUT2D eigenvalue weighted by Crippen LogP contribution is 2.32. The second kappa shape index (κ2) is 8.14. The van der Waals surface area contributed by atoms with Crippen LogP contribution in [0.3, 0.4) is 0 Å². The molecule has 0 spiro atoms. The number of rotatable bonds is 3. The summed E-state index contributed by atoms with van der Waals surface area (Å²) in [4.78, 5) is 37.7. The Kier molecular flexibility index (Phi) is 6.36. The van der Waals surface area contributed by atoms with Gasteiger partial charge in [0.15, 0.2) is 0 Å². The first-order valence-corrected chi connectivity index (χ1v) is 10.9. The summed E-state index contributed by atoms with van der Waals surface area (Å²) in [5.41, 5.74) is -8.29. The minimum absolute atomic E-state index is 0.0389. The van der Waals surface area contributed by atoms with Crippen LogP contribution in [-0.4, -0.2) is 29.7 Å². The molecule has 9 nitrogen and oxygen atoms in total. The predicted molar refractivity (Wildman–Crippen MR) is 109 cm³/mol. The van der Waals surface area contributed by atoms with Gasteiger partial charge in [-0.3, -0.25) is 14.2 Å². The van der Waals surface area contributed by atoms with Gasteiger partial charge >= 0.3 is 11.9 Å². The second-order valence-electron chi connectivity index (χ2n) is 8.06. The number of carbonyl (C=O) groups is 1. The lowest BCUT2D eigenvalue weighted by Gasteiger charge is -2.28. The molecule has 33 heavy (non-hydrogen) atoms. The third-order valence-corrected chi connectivity index (χ3v) is 5.44. The van der Waals surface area contributed by atoms with Crippen LogP contribution in [0.4, 0.5) is 23.2 Å². The molecule has 0 atom stereocenters. The Morgan fingerprint density at radius 2 is 1.67 bits per heavy atom. The zero-order valence-corrected chi connectivity index (χ0v) is 18.8. The third kappa shape index (κ3) is 4.82. The topological polar surface area (TPSA) is 122 Å². The fourth-order valence-corrected chi connectivity index (χ4v) is 3.93. The molecule has 0 saturated carbocycles. The summed E-state index contributed by atoms with van der Waals surface area (Å²) < 4.78 is 79.2. The van der Waals surface area contributed by atoms with Gasteiger partial charge in [-0.15, -0.1) is 0 Å². The maximum absolute atomic E-state index is 14.8. The Bertz CT molecular complexity index is 1410. The lowest BCUT2D eigenvalue weighted by molar-refractivity contribution is -0.144. The predicted octanol–water partition coefficient (Wildman–Crippen LogP) is 1.90. The van der Waals surface area contributed by atoms with Crippen LogP contribution < -0.4 is 15.6 Å². The number of sulfonamides is 1. The first-order chi connectivity index (χ1) is 14.8. The summed E-state index contributed by atoms with van der Waals surface area (Å²) in [6.07, 6.45) is -4.42. The average Bonchev–Trinajstić information content (AvgIpc) is 2.63. The molecule has 0 N–H and O–H groups in total. The lowest BCUT2D eigenvalue weighted by Crippen LogP contribution is -2.44. The Morgan fingerprint density at radius 3 is 2.09 bits per heavy atom. The van der Waals surface area contributed by atoms with E-state index in [1.54, 1.807) is 0 Å². The van der Waals surface area contributed by atoms with Gasteiger partial charge in [0, 0.05) is 18.5 Å². The van der Waals surface area contributed by atoms with E-state index in [1.807, 2.05) is 0 Å². The summed E-state index contributed by atoms with van der Waals surface area (Å²) in [5, 5.41) is 9.37. The number of hydrogen-bond acceptors (Lipinski definition) is 6. The molecule has 0 aliphatic heterocycles. The molecule has 1 amide bonds. The molecule has 0 aliphatic rings. The molecule has 0 bridgehead atoms. The molecular formula is C19H18F4N4O5S. The number of amides is 1. The van der Waals surface area contributed by atoms with E-state index in [2.05, 4.69) is 0 Å². The highest BCUT2D eigenvalue weighted by molar-refractivity contribution is 7.92. The van der Waals surface area contributed by atoms with E-state index < -0.39 is 67.2 Å². The molecule has 0 saturated heterocycles. The number of alkyl halides is 3. The van der Waals surface area contributed by atoms with E-state index in [1.165, 1.54) is 26.8 Å². The molecule has 2 rings (SSSR count). The van der Waals surface area contributed by atoms with E-state index in [9.17, 15) is 45.6 Å². The average molecular weight is 490 g/mol. The van der Waals surface area contributed by atoms with Crippen LogP contribution in [0.25, 0.3) is 5.69 Å². The lowest BCUT2D eigenvalue weighted by atomic mass is 9.95. The van der Waals surface area contributed by atoms with Crippen molar-refractivity contribution < 1.29 is 30.8 Å². The van der Waals surface area contributed by atoms with E-state index in [0.29, 0.717) is 25.4 Å². The largest absolute Gasteiger partial charge is 0.431 e. The van der Waals surface area contributed by atoms with E-state index >= 15 is 0 Å². The summed E-state index contributed by atoms with van der Waals surface area (Å²) >= 11 is 0. The van der Waals surface area contributed by atoms with Gasteiger partial charge in [0.1, 0.15) is 17.6 Å². The van der Waals surface area contributed by atoms with Crippen LogP contribution >= 0.6 is 0 Å². The molecule has 178 valence electrons. The fourth-order valence-electron chi connectivity index (χ4n) is 2.84. The van der Waals surface area contributed by atoms with Crippen molar-refractivity contribution in [3.63, 3.8) is 0 Å². The van der Waals surface area contributed by atoms with E-state index in [4.69, 9.17) is 0 Å². The first-order valence-electron chi connectivity index (χ1n) is 9.01. The number of hydrogen-bond donors (Lipinski definition) is 0. The van der Waals surface area contributed by atoms with Gasteiger partial charge < -0.3 is 0 Å². The first kappa shape index (κ1) is 25.8. The van der Waals surface area contributed by atoms with Crippen LogP contribution in [0.15, 0.2) is 27.8 Å². The smallest absolute Gasteiger partial charge is 0.292 e. The number of nitrogens with zero attached hydrogens (tertiary/aromatic N) is 4. The Balaban J connectivity index is 3.00. The van der Waals surface area contributed by atoms with Crippen molar-refractivity contribution in [2.75, 3.05) is 10.6 Å². The van der Waals surface area contributed by atoms with E-state index in [0.717, 1.165) is 0 Å². The number of halogens is 4. The molecule has 2 aromatic rings. The van der Waals surface area contributed by atoms with Gasteiger partial charge in [-0.05, 0) is 12.1 Å². The maximum atomic E-state index is 14.8. The van der Waals surface area contributed by atoms with Gasteiger partial charge in [0.25, 0.3) is 5.56 Å². The normalized spacial score (nSPS) is 12.4. The summed E-state index contributed by atoms with van der Waals surface area (Å²) in [6.45, 7) is 4.13. The molecule has 0 radical (unpaired) electrons. The third-order valence-electron chi connectivity index (χ3n) is 4.41. The van der Waals surface area contributed by atoms with Crippen LogP contribution in [0.1, 0.15) is 32.0 Å². The van der Waals surface area contributed by atoms with E-state index in [-0.39, 0.29) is 19.5 Å². The molecule has 0 unspecified atom stereocenters. The summed E-state index contributed by atoms with van der Waals surface area (Å²) in [6, 6.07) is 2.64. The minimum Gasteiger partial charge on any atom is -0.292 e. The molecule has 1 aromatic heterocycles. The minimum atomic E-state index is -5.06. The molecule has 14 heteroatoms. The Morgan fingerprint density at radius 1 is 1.12 bits per heavy atom. The number of aromatic nitrogens is 2. The molecule has 0 fully saturated rings. The van der Waals surface area contributed by atoms with Crippen LogP contribution in [0.5, 0.6) is 0 Å². The van der Waals surface area contributed by atoms with Gasteiger partial charge in [-0.25, -0.2) is 26.5 Å². The van der Waals surface area contributed by atoms with Crippen molar-refractivity contribution in [1.82, 2.24) is 9.13 Å². The number of benzene rings is 1. The molecule has 0 aliphatic carbocycles. The van der Waals surface area contributed by atoms with Gasteiger partial charge in [0.05, 0.1) is 23.2 Å². The standard InChI is InChI=1S/C19H18F4N4O5S/c1-18(2,3)16(29)27(33(5,31)32)12-7-13(11(20)6-10(12)9-24)26-15(28)8-14(19(21,22)23)25(4)17(26)30/h6-8H,1-5H3. The van der Waals surface area contributed by atoms with Crippen LogP contribution in [0.2, 0.25) is 0 Å². The molecular weight excluding hydrogens is 472 g/mol. The summed E-state index contributed by atoms with van der Waals surface area (Å²) in [7, 11) is -3.70. The Hall–Kier alpha value is -3.47. The monoisotopic (exact) mass is 490 g/mol. The highest BCUT2D eigenvalue weighted by Gasteiger charge is 2.37. The maximum Gasteiger partial charge on any atom is 0.431 e. The van der Waals surface area contributed by atoms with Gasteiger partial charge in [0.2, 0.25) is 15.9 Å². The highest BCUT2D eigenvalue weighted by atomic mass is 32.2. The number of nitriles is 1. The van der Waals surface area contributed by atoms with Crippen LogP contribution in [-0.2, 0) is 28.0 Å². The molecule has 1 heterocycles. The van der Waals surface area contributed by atoms with Gasteiger partial charge in [-0.1, -0.05) is 20.8 Å². The second-order valence-corrected chi connectivity index (χ2v) is 9.89. The molecule has 1 aromatic carbocycles. The number of anilines is 1. The quantitative estimate of drug-likeness (QED) is 0.606. The Labute approximate surface area is 185 Å². The van der Waals surface area contributed by atoms with Crippen molar-refractivity contribution in [1.29, 1.82) is 5.26 Å². The van der Waals surface area contributed by atoms with Crippen molar-refractivity contribution in [2.24, 2.45) is 12.5 Å². The fraction of sp³-hybridized carbons (Fsp3) is 0.368. The SMILES string of the molecule is Cn1c(C(F)(F)F)cc(=O)n(-c2cc(N(C(=O)C(C)(C)C)S(C)(=O)=O)c(C#N)cc2F)c1=O. The van der Waals surface area contributed by atoms with Gasteiger partial charge in [-0.2, -0.15) is 18.4 Å². The number of carbonyl (C=O) groups excluding carboxylic acids is 1. The van der Waals surface area contributed by atoms with Crippen molar-refractivity contribution in [3.05, 3.63) is 56.1 Å². The van der Waals surface area contributed by atoms with Crippen molar-refractivity contribution in [3.8, 4) is 11.8 Å². The zero-order valence-electron chi connectivity index (χ0n) is 18.0. The zero-order chi connectivity index (χ0) is 25.7. The van der Waals surface area contributed by atoms with Crippen molar-refractivity contribution >= 4 is 21.6 Å². The van der Waals surface area contributed by atoms with Crippen LogP contribution in [0, 0.1) is 22.6 Å². The summed E-state index contributed by atoms with van der Waals surface area (Å²) in [5.74, 6) is -2.40. The van der Waals surface area contributed by atoms with Crippen molar-refractivity contribution in [2.45, 2.75) is 26.9 Å².